The van der Waals surface area contributed by atoms with Crippen LogP contribution in [0.2, 0.25) is 0 Å². The van der Waals surface area contributed by atoms with Gasteiger partial charge in [-0.1, -0.05) is 71.6 Å². The maximum atomic E-state index is 11.9. The highest BCUT2D eigenvalue weighted by atomic mass is 16.6. The predicted octanol–water partition coefficient (Wildman–Crippen LogP) is 4.78. The Morgan fingerprint density at radius 2 is 1.45 bits per heavy atom. The van der Waals surface area contributed by atoms with Gasteiger partial charge in [0.1, 0.15) is 0 Å². The normalized spacial score (nSPS) is 22.3. The lowest BCUT2D eigenvalue weighted by molar-refractivity contribution is -0.155. The topological polar surface area (TPSA) is 43.4 Å². The van der Waals surface area contributed by atoms with Gasteiger partial charge in [0.25, 0.3) is 0 Å². The van der Waals surface area contributed by atoms with Gasteiger partial charge in [-0.3, -0.25) is 9.59 Å². The van der Waals surface area contributed by atoms with Crippen molar-refractivity contribution in [3.63, 3.8) is 0 Å². The Kier molecular flexibility index (Phi) is 7.86. The summed E-state index contributed by atoms with van der Waals surface area (Å²) in [5, 5.41) is 0. The maximum Gasteiger partial charge on any atom is 0.320 e. The van der Waals surface area contributed by atoms with Gasteiger partial charge >= 0.3 is 11.9 Å². The van der Waals surface area contributed by atoms with Crippen molar-refractivity contribution in [3.8, 4) is 0 Å². The summed E-state index contributed by atoms with van der Waals surface area (Å²) in [5.74, 6) is -0.602. The van der Waals surface area contributed by atoms with E-state index in [0.29, 0.717) is 6.42 Å². The molecule has 0 aromatic rings. The van der Waals surface area contributed by atoms with Crippen molar-refractivity contribution in [1.82, 2.24) is 0 Å². The van der Waals surface area contributed by atoms with Gasteiger partial charge in [-0.2, -0.15) is 0 Å². The molecule has 0 aromatic heterocycles. The SMILES string of the molecule is CCCCCCCCCCC1(CCC)CC(=O)OC1=O. The highest BCUT2D eigenvalue weighted by Crippen LogP contribution is 2.40. The monoisotopic (exact) mass is 282 g/mol. The number of ether oxygens (including phenoxy) is 1. The van der Waals surface area contributed by atoms with E-state index < -0.39 is 5.41 Å². The van der Waals surface area contributed by atoms with Gasteiger partial charge in [0.05, 0.1) is 11.8 Å². The summed E-state index contributed by atoms with van der Waals surface area (Å²) in [7, 11) is 0. The number of carbonyl (C=O) groups excluding carboxylic acids is 2. The van der Waals surface area contributed by atoms with Crippen LogP contribution in [0.15, 0.2) is 0 Å². The van der Waals surface area contributed by atoms with Crippen LogP contribution < -0.4 is 0 Å². The first-order valence-electron chi connectivity index (χ1n) is 8.39. The number of rotatable bonds is 11. The van der Waals surface area contributed by atoms with Crippen molar-refractivity contribution in [3.05, 3.63) is 0 Å². The van der Waals surface area contributed by atoms with E-state index in [2.05, 4.69) is 13.8 Å². The van der Waals surface area contributed by atoms with Crippen LogP contribution in [0, 0.1) is 5.41 Å². The Bertz CT molecular complexity index is 311. The van der Waals surface area contributed by atoms with Crippen LogP contribution in [-0.2, 0) is 14.3 Å². The molecule has 116 valence electrons. The minimum Gasteiger partial charge on any atom is -0.393 e. The maximum absolute atomic E-state index is 11.9. The third kappa shape index (κ3) is 5.26. The molecule has 3 nitrogen and oxygen atoms in total. The van der Waals surface area contributed by atoms with Crippen LogP contribution in [0.3, 0.4) is 0 Å². The van der Waals surface area contributed by atoms with Gasteiger partial charge in [0.15, 0.2) is 0 Å². The average Bonchev–Trinajstić information content (AvgIpc) is 2.68. The number of unbranched alkanes of at least 4 members (excludes halogenated alkanes) is 7. The molecule has 1 aliphatic heterocycles. The largest absolute Gasteiger partial charge is 0.393 e. The number of esters is 2. The number of hydrogen-bond acceptors (Lipinski definition) is 3. The fourth-order valence-electron chi connectivity index (χ4n) is 3.18. The first-order valence-corrected chi connectivity index (χ1v) is 8.39. The zero-order valence-corrected chi connectivity index (χ0v) is 13.2. The van der Waals surface area contributed by atoms with Crippen LogP contribution >= 0.6 is 0 Å². The summed E-state index contributed by atoms with van der Waals surface area (Å²) in [6.45, 7) is 4.29. The molecule has 0 N–H and O–H groups in total. The van der Waals surface area contributed by atoms with Gasteiger partial charge in [0.2, 0.25) is 0 Å². The Morgan fingerprint density at radius 3 is 1.95 bits per heavy atom. The minimum atomic E-state index is -0.492. The van der Waals surface area contributed by atoms with E-state index in [-0.39, 0.29) is 11.9 Å². The second-order valence-corrected chi connectivity index (χ2v) is 6.19. The van der Waals surface area contributed by atoms with E-state index in [1.165, 1.54) is 44.9 Å². The predicted molar refractivity (Wildman–Crippen MR) is 80.3 cm³/mol. The van der Waals surface area contributed by atoms with Crippen molar-refractivity contribution < 1.29 is 14.3 Å². The lowest BCUT2D eigenvalue weighted by Crippen LogP contribution is -2.26. The molecule has 1 rings (SSSR count). The molecular weight excluding hydrogens is 252 g/mol. The third-order valence-electron chi connectivity index (χ3n) is 4.36. The molecule has 0 radical (unpaired) electrons. The van der Waals surface area contributed by atoms with Crippen LogP contribution in [0.4, 0.5) is 0 Å². The molecule has 3 heteroatoms. The molecule has 1 unspecified atom stereocenters. The highest BCUT2D eigenvalue weighted by Gasteiger charge is 2.47. The van der Waals surface area contributed by atoms with E-state index in [9.17, 15) is 9.59 Å². The van der Waals surface area contributed by atoms with Crippen molar-refractivity contribution in [2.75, 3.05) is 0 Å². The van der Waals surface area contributed by atoms with Crippen molar-refractivity contribution in [1.29, 1.82) is 0 Å². The first kappa shape index (κ1) is 17.2. The van der Waals surface area contributed by atoms with Gasteiger partial charge in [-0.25, -0.2) is 0 Å². The average molecular weight is 282 g/mol. The minimum absolute atomic E-state index is 0.271. The molecule has 0 spiro atoms. The Labute approximate surface area is 123 Å². The van der Waals surface area contributed by atoms with Crippen LogP contribution in [0.1, 0.15) is 90.9 Å². The summed E-state index contributed by atoms with van der Waals surface area (Å²) in [4.78, 5) is 23.2. The summed E-state index contributed by atoms with van der Waals surface area (Å²) in [6, 6.07) is 0. The molecule has 1 aliphatic rings. The second kappa shape index (κ2) is 9.15. The van der Waals surface area contributed by atoms with Crippen molar-refractivity contribution in [2.45, 2.75) is 90.9 Å². The Hall–Kier alpha value is -0.860. The summed E-state index contributed by atoms with van der Waals surface area (Å²) in [6.07, 6.45) is 12.9. The van der Waals surface area contributed by atoms with E-state index in [1.54, 1.807) is 0 Å². The smallest absolute Gasteiger partial charge is 0.320 e. The fourth-order valence-corrected chi connectivity index (χ4v) is 3.18. The molecule has 1 saturated heterocycles. The molecule has 0 saturated carbocycles. The summed E-state index contributed by atoms with van der Waals surface area (Å²) < 4.78 is 4.77. The van der Waals surface area contributed by atoms with Gasteiger partial charge in [-0.15, -0.1) is 0 Å². The number of carbonyl (C=O) groups is 2. The van der Waals surface area contributed by atoms with Crippen LogP contribution in [-0.4, -0.2) is 11.9 Å². The summed E-state index contributed by atoms with van der Waals surface area (Å²) >= 11 is 0. The van der Waals surface area contributed by atoms with E-state index >= 15 is 0 Å². The van der Waals surface area contributed by atoms with Crippen molar-refractivity contribution in [2.24, 2.45) is 5.41 Å². The van der Waals surface area contributed by atoms with E-state index in [1.807, 2.05) is 0 Å². The molecule has 1 atom stereocenters. The Morgan fingerprint density at radius 1 is 0.850 bits per heavy atom. The molecule has 0 amide bonds. The molecule has 0 aliphatic carbocycles. The second-order valence-electron chi connectivity index (χ2n) is 6.19. The zero-order chi connectivity index (χ0) is 14.8. The highest BCUT2D eigenvalue weighted by molar-refractivity contribution is 5.97. The molecule has 1 heterocycles. The molecule has 0 bridgehead atoms. The quantitative estimate of drug-likeness (QED) is 0.311. The van der Waals surface area contributed by atoms with Crippen LogP contribution in [0.5, 0.6) is 0 Å². The van der Waals surface area contributed by atoms with Gasteiger partial charge in [-0.05, 0) is 12.8 Å². The van der Waals surface area contributed by atoms with Crippen LogP contribution in [0.25, 0.3) is 0 Å². The summed E-state index contributed by atoms with van der Waals surface area (Å²) in [5.41, 5.74) is -0.492. The Balaban J connectivity index is 2.20. The fraction of sp³-hybridized carbons (Fsp3) is 0.882. The molecular formula is C17H30O3. The lowest BCUT2D eigenvalue weighted by Gasteiger charge is -2.22. The van der Waals surface area contributed by atoms with E-state index in [4.69, 9.17) is 4.74 Å². The third-order valence-corrected chi connectivity index (χ3v) is 4.36. The van der Waals surface area contributed by atoms with E-state index in [0.717, 1.165) is 25.7 Å². The lowest BCUT2D eigenvalue weighted by atomic mass is 9.77. The first-order chi connectivity index (χ1) is 9.64. The standard InChI is InChI=1S/C17H30O3/c1-3-5-6-7-8-9-10-11-13-17(12-4-2)14-15(18)20-16(17)19/h3-14H2,1-2H3. The molecule has 1 fully saturated rings. The number of cyclic esters (lactones) is 2. The van der Waals surface area contributed by atoms with Crippen molar-refractivity contribution >= 4 is 11.9 Å². The zero-order valence-electron chi connectivity index (χ0n) is 13.2. The van der Waals surface area contributed by atoms with Gasteiger partial charge in [0, 0.05) is 0 Å². The molecule has 20 heavy (non-hydrogen) atoms. The van der Waals surface area contributed by atoms with Gasteiger partial charge < -0.3 is 4.74 Å². The number of hydrogen-bond donors (Lipinski definition) is 0. The molecule has 0 aromatic carbocycles.